The van der Waals surface area contributed by atoms with Gasteiger partial charge in [0.2, 0.25) is 0 Å². The lowest BCUT2D eigenvalue weighted by Gasteiger charge is -2.32. The Morgan fingerprint density at radius 3 is 1.90 bits per heavy atom. The van der Waals surface area contributed by atoms with Gasteiger partial charge in [-0.15, -0.1) is 0 Å². The summed E-state index contributed by atoms with van der Waals surface area (Å²) in [6.07, 6.45) is 1.27. The summed E-state index contributed by atoms with van der Waals surface area (Å²) in [7, 11) is -0.00839. The Morgan fingerprint density at radius 1 is 0.902 bits per heavy atom. The number of methoxy groups -OCH3 is 1. The van der Waals surface area contributed by atoms with E-state index in [1.54, 1.807) is 20.8 Å². The fourth-order valence-corrected chi connectivity index (χ4v) is 4.78. The van der Waals surface area contributed by atoms with Gasteiger partial charge in [-0.2, -0.15) is 0 Å². The van der Waals surface area contributed by atoms with E-state index in [2.05, 4.69) is 10.3 Å². The van der Waals surface area contributed by atoms with E-state index in [-0.39, 0.29) is 6.42 Å². The molecule has 2 aromatic rings. The number of benzene rings is 1. The van der Waals surface area contributed by atoms with Gasteiger partial charge in [0.25, 0.3) is 0 Å². The Kier molecular flexibility index (Phi) is 7.91. The lowest BCUT2D eigenvalue weighted by atomic mass is 9.70. The molecule has 0 aliphatic carbocycles. The van der Waals surface area contributed by atoms with Crippen LogP contribution in [0.2, 0.25) is 0 Å². The molecule has 4 rings (SSSR count). The molecule has 41 heavy (non-hydrogen) atoms. The number of aromatic amines is 1. The highest BCUT2D eigenvalue weighted by Gasteiger charge is 2.54. The largest absolute Gasteiger partial charge is 0.496 e. The minimum Gasteiger partial charge on any atom is -0.467 e. The van der Waals surface area contributed by atoms with Crippen LogP contribution in [0.1, 0.15) is 81.7 Å². The molecule has 0 bridgehead atoms. The number of carbonyl (C=O) groups is 2. The van der Waals surface area contributed by atoms with Crippen molar-refractivity contribution in [3.63, 3.8) is 0 Å². The first kappa shape index (κ1) is 31.4. The van der Waals surface area contributed by atoms with Gasteiger partial charge < -0.3 is 38.4 Å². The van der Waals surface area contributed by atoms with Crippen LogP contribution in [0.5, 0.6) is 0 Å². The van der Waals surface area contributed by atoms with Crippen molar-refractivity contribution in [2.75, 3.05) is 7.11 Å². The van der Waals surface area contributed by atoms with Gasteiger partial charge in [0.05, 0.1) is 29.5 Å². The molecule has 2 saturated heterocycles. The van der Waals surface area contributed by atoms with Crippen LogP contribution < -0.4 is 16.2 Å². The molecule has 1 atom stereocenters. The lowest BCUT2D eigenvalue weighted by molar-refractivity contribution is -0.143. The minimum absolute atomic E-state index is 0.154. The number of fused-ring (bicyclic) bond motifs is 1. The predicted molar refractivity (Wildman–Crippen MR) is 159 cm³/mol. The van der Waals surface area contributed by atoms with Gasteiger partial charge in [0, 0.05) is 29.0 Å². The topological polar surface area (TPSA) is 117 Å². The number of ether oxygens (including phenoxy) is 2. The molecular weight excluding hydrogens is 526 g/mol. The van der Waals surface area contributed by atoms with Crippen LogP contribution in [0, 0.1) is 0 Å². The van der Waals surface area contributed by atoms with Crippen molar-refractivity contribution in [3.05, 3.63) is 23.9 Å². The number of nitrogens with one attached hydrogen (secondary N) is 2. The van der Waals surface area contributed by atoms with Gasteiger partial charge in [-0.25, -0.2) is 9.59 Å². The van der Waals surface area contributed by atoms with E-state index >= 15 is 0 Å². The third-order valence-corrected chi connectivity index (χ3v) is 8.56. The monoisotopic (exact) mass is 570 g/mol. The van der Waals surface area contributed by atoms with Crippen LogP contribution >= 0.6 is 0 Å². The van der Waals surface area contributed by atoms with Crippen LogP contribution in [0.3, 0.4) is 0 Å². The molecule has 1 amide bonds. The normalized spacial score (nSPS) is 21.7. The van der Waals surface area contributed by atoms with E-state index in [0.717, 1.165) is 27.4 Å². The van der Waals surface area contributed by atoms with E-state index in [0.29, 0.717) is 0 Å². The van der Waals surface area contributed by atoms with Crippen molar-refractivity contribution < 1.29 is 37.7 Å². The highest BCUT2D eigenvalue weighted by atomic mass is 16.7. The summed E-state index contributed by atoms with van der Waals surface area (Å²) < 4.78 is 36.0. The number of amides is 1. The maximum Gasteiger partial charge on any atom is 0.496 e. The summed E-state index contributed by atoms with van der Waals surface area (Å²) >= 11 is 0. The quantitative estimate of drug-likeness (QED) is 0.401. The summed E-state index contributed by atoms with van der Waals surface area (Å²) in [5.74, 6) is -0.585. The minimum atomic E-state index is -0.977. The van der Waals surface area contributed by atoms with E-state index in [1.807, 2.05) is 73.7 Å². The van der Waals surface area contributed by atoms with Crippen molar-refractivity contribution in [1.82, 2.24) is 10.3 Å². The van der Waals surface area contributed by atoms with Crippen LogP contribution in [0.15, 0.2) is 18.3 Å². The van der Waals surface area contributed by atoms with Crippen molar-refractivity contribution in [1.29, 1.82) is 0 Å². The standard InChI is InChI=1S/C29H44B2N2O8/c1-25(2,3)37-24(35)33-21(23(34)36-12)13-17-16-32-22-19(17)14-18(30-38-26(4,5)27(6,7)39-30)15-20(22)31-40-28(8,9)29(10,11)41-31/h14-16,21,32H,13H2,1-12H3,(H,33,35)/t21-/m0/s1. The van der Waals surface area contributed by atoms with Crippen molar-refractivity contribution in [2.24, 2.45) is 0 Å². The zero-order valence-electron chi connectivity index (χ0n) is 26.4. The fraction of sp³-hybridized carbons (Fsp3) is 0.655. The molecular formula is C29H44B2N2O8. The third kappa shape index (κ3) is 6.16. The second kappa shape index (κ2) is 10.3. The first-order chi connectivity index (χ1) is 18.7. The summed E-state index contributed by atoms with van der Waals surface area (Å²) in [5.41, 5.74) is 0.253. The summed E-state index contributed by atoms with van der Waals surface area (Å²) in [5, 5.41) is 3.48. The number of alkyl carbamates (subject to hydrolysis) is 1. The first-order valence-electron chi connectivity index (χ1n) is 14.1. The average Bonchev–Trinajstić information content (AvgIpc) is 3.39. The number of esters is 1. The average molecular weight is 570 g/mol. The molecule has 0 unspecified atom stereocenters. The third-order valence-electron chi connectivity index (χ3n) is 8.56. The predicted octanol–water partition coefficient (Wildman–Crippen LogP) is 3.38. The van der Waals surface area contributed by atoms with Crippen molar-refractivity contribution in [3.8, 4) is 0 Å². The molecule has 3 heterocycles. The van der Waals surface area contributed by atoms with Gasteiger partial charge in [-0.3, -0.25) is 0 Å². The Labute approximate surface area is 243 Å². The summed E-state index contributed by atoms with van der Waals surface area (Å²) in [6, 6.07) is 3.00. The maximum atomic E-state index is 12.7. The second-order valence-corrected chi connectivity index (χ2v) is 13.9. The molecule has 2 aliphatic rings. The maximum absolute atomic E-state index is 12.7. The Bertz CT molecular complexity index is 1300. The van der Waals surface area contributed by atoms with E-state index in [1.165, 1.54) is 7.11 Å². The van der Waals surface area contributed by atoms with Crippen LogP contribution in [0.25, 0.3) is 10.9 Å². The number of hydrogen-bond donors (Lipinski definition) is 2. The Balaban J connectivity index is 1.78. The van der Waals surface area contributed by atoms with E-state index in [4.69, 9.17) is 28.1 Å². The van der Waals surface area contributed by atoms with E-state index in [9.17, 15) is 9.59 Å². The van der Waals surface area contributed by atoms with Crippen LogP contribution in [0.4, 0.5) is 4.79 Å². The molecule has 2 N–H and O–H groups in total. The zero-order valence-corrected chi connectivity index (χ0v) is 26.4. The molecule has 0 saturated carbocycles. The first-order valence-corrected chi connectivity index (χ1v) is 14.1. The van der Waals surface area contributed by atoms with Gasteiger partial charge in [0.15, 0.2) is 0 Å². The summed E-state index contributed by atoms with van der Waals surface area (Å²) in [6.45, 7) is 21.3. The van der Waals surface area contributed by atoms with Gasteiger partial charge in [0.1, 0.15) is 11.6 Å². The number of H-pyrrole nitrogens is 1. The molecule has 1 aromatic heterocycles. The second-order valence-electron chi connectivity index (χ2n) is 13.9. The molecule has 0 radical (unpaired) electrons. The highest BCUT2D eigenvalue weighted by molar-refractivity contribution is 6.68. The molecule has 224 valence electrons. The van der Waals surface area contributed by atoms with Gasteiger partial charge in [-0.05, 0) is 87.2 Å². The SMILES string of the molecule is COC(=O)[C@H](Cc1c[nH]c2c(B3OC(C)(C)C(C)(C)O3)cc(B3OC(C)(C)C(C)(C)O3)cc12)NC(=O)OC(C)(C)C. The molecule has 2 fully saturated rings. The smallest absolute Gasteiger partial charge is 0.467 e. The van der Waals surface area contributed by atoms with Crippen LogP contribution in [-0.2, 0) is 39.3 Å². The van der Waals surface area contributed by atoms with Gasteiger partial charge in [-0.1, -0.05) is 12.1 Å². The Hall–Kier alpha value is -2.53. The van der Waals surface area contributed by atoms with Crippen molar-refractivity contribution in [2.45, 2.75) is 117 Å². The number of carbonyl (C=O) groups excluding carboxylic acids is 2. The summed E-state index contributed by atoms with van der Waals surface area (Å²) in [4.78, 5) is 28.7. The fourth-order valence-electron chi connectivity index (χ4n) is 4.78. The number of aromatic nitrogens is 1. The number of rotatable bonds is 6. The molecule has 10 nitrogen and oxygen atoms in total. The highest BCUT2D eigenvalue weighted by Crippen LogP contribution is 2.38. The molecule has 2 aliphatic heterocycles. The molecule has 12 heteroatoms. The van der Waals surface area contributed by atoms with Gasteiger partial charge >= 0.3 is 26.3 Å². The van der Waals surface area contributed by atoms with Crippen molar-refractivity contribution >= 4 is 48.1 Å². The Morgan fingerprint density at radius 2 is 1.41 bits per heavy atom. The zero-order chi connectivity index (χ0) is 30.8. The van der Waals surface area contributed by atoms with Crippen LogP contribution in [-0.4, -0.2) is 72.4 Å². The molecule has 0 spiro atoms. The van der Waals surface area contributed by atoms with E-state index < -0.39 is 60.3 Å². The lowest BCUT2D eigenvalue weighted by Crippen LogP contribution is -2.45. The number of hydrogen-bond acceptors (Lipinski definition) is 8. The molecule has 1 aromatic carbocycles.